The van der Waals surface area contributed by atoms with Gasteiger partial charge in [0.1, 0.15) is 5.82 Å². The van der Waals surface area contributed by atoms with Crippen molar-refractivity contribution in [2.24, 2.45) is 0 Å². The molecule has 2 N–H and O–H groups in total. The molecule has 1 aromatic heterocycles. The summed E-state index contributed by atoms with van der Waals surface area (Å²) >= 11 is 0. The van der Waals surface area contributed by atoms with E-state index in [1.807, 2.05) is 48.5 Å². The second-order valence-electron chi connectivity index (χ2n) is 6.31. The van der Waals surface area contributed by atoms with Gasteiger partial charge in [-0.1, -0.05) is 43.3 Å². The SMILES string of the molecule is CCc1ccccc1Nc1cc(C(=O)NCCCOC)c2ccccc2n1. The average molecular weight is 363 g/mol. The number of nitrogens with zero attached hydrogens (tertiary/aromatic N) is 1. The van der Waals surface area contributed by atoms with E-state index < -0.39 is 0 Å². The van der Waals surface area contributed by atoms with Gasteiger partial charge in [-0.15, -0.1) is 0 Å². The predicted molar refractivity (Wildman–Crippen MR) is 110 cm³/mol. The molecule has 0 radical (unpaired) electrons. The van der Waals surface area contributed by atoms with Gasteiger partial charge >= 0.3 is 0 Å². The highest BCUT2D eigenvalue weighted by molar-refractivity contribution is 6.07. The number of rotatable bonds is 8. The van der Waals surface area contributed by atoms with Crippen molar-refractivity contribution in [1.82, 2.24) is 10.3 Å². The van der Waals surface area contributed by atoms with E-state index >= 15 is 0 Å². The summed E-state index contributed by atoms with van der Waals surface area (Å²) in [5.74, 6) is 0.563. The van der Waals surface area contributed by atoms with Crippen LogP contribution in [0.1, 0.15) is 29.3 Å². The fraction of sp³-hybridized carbons (Fsp3) is 0.273. The lowest BCUT2D eigenvalue weighted by atomic mass is 10.1. The lowest BCUT2D eigenvalue weighted by molar-refractivity contribution is 0.0950. The third-order valence-corrected chi connectivity index (χ3v) is 4.43. The van der Waals surface area contributed by atoms with Crippen LogP contribution in [0.3, 0.4) is 0 Å². The van der Waals surface area contributed by atoms with Crippen LogP contribution in [0.5, 0.6) is 0 Å². The molecule has 3 aromatic rings. The monoisotopic (exact) mass is 363 g/mol. The highest BCUT2D eigenvalue weighted by Gasteiger charge is 2.13. The molecule has 0 bridgehead atoms. The van der Waals surface area contributed by atoms with E-state index in [0.717, 1.165) is 29.4 Å². The van der Waals surface area contributed by atoms with E-state index in [9.17, 15) is 4.79 Å². The Hall–Kier alpha value is -2.92. The number of aryl methyl sites for hydroxylation is 1. The second kappa shape index (κ2) is 9.14. The van der Waals surface area contributed by atoms with Crippen LogP contribution in [-0.2, 0) is 11.2 Å². The molecule has 0 aliphatic carbocycles. The van der Waals surface area contributed by atoms with Crippen molar-refractivity contribution < 1.29 is 9.53 Å². The van der Waals surface area contributed by atoms with E-state index in [2.05, 4.69) is 28.6 Å². The molecule has 0 spiro atoms. The Morgan fingerprint density at radius 2 is 1.89 bits per heavy atom. The zero-order chi connectivity index (χ0) is 19.1. The number of benzene rings is 2. The van der Waals surface area contributed by atoms with E-state index in [-0.39, 0.29) is 5.91 Å². The van der Waals surface area contributed by atoms with Crippen LogP contribution in [0.25, 0.3) is 10.9 Å². The van der Waals surface area contributed by atoms with Crippen LogP contribution < -0.4 is 10.6 Å². The van der Waals surface area contributed by atoms with Gasteiger partial charge in [-0.05, 0) is 36.6 Å². The smallest absolute Gasteiger partial charge is 0.252 e. The van der Waals surface area contributed by atoms with E-state index in [0.29, 0.717) is 24.5 Å². The van der Waals surface area contributed by atoms with E-state index in [1.165, 1.54) is 5.56 Å². The van der Waals surface area contributed by atoms with E-state index in [4.69, 9.17) is 4.74 Å². The zero-order valence-electron chi connectivity index (χ0n) is 15.8. The van der Waals surface area contributed by atoms with Gasteiger partial charge in [-0.25, -0.2) is 4.98 Å². The quantitative estimate of drug-likeness (QED) is 0.586. The number of pyridine rings is 1. The minimum Gasteiger partial charge on any atom is -0.385 e. The first-order valence-corrected chi connectivity index (χ1v) is 9.24. The van der Waals surface area contributed by atoms with Gasteiger partial charge in [0.15, 0.2) is 0 Å². The van der Waals surface area contributed by atoms with Gasteiger partial charge in [0.2, 0.25) is 0 Å². The molecule has 0 aliphatic heterocycles. The topological polar surface area (TPSA) is 63.2 Å². The molecule has 0 aliphatic rings. The van der Waals surface area contributed by atoms with Gasteiger partial charge in [0.25, 0.3) is 5.91 Å². The van der Waals surface area contributed by atoms with Crippen molar-refractivity contribution in [1.29, 1.82) is 0 Å². The van der Waals surface area contributed by atoms with Crippen LogP contribution in [0, 0.1) is 0 Å². The third kappa shape index (κ3) is 4.63. The minimum absolute atomic E-state index is 0.100. The maximum atomic E-state index is 12.7. The van der Waals surface area contributed by atoms with Crippen LogP contribution in [0.15, 0.2) is 54.6 Å². The molecule has 1 heterocycles. The molecular weight excluding hydrogens is 338 g/mol. The average Bonchev–Trinajstić information content (AvgIpc) is 2.71. The Balaban J connectivity index is 1.92. The van der Waals surface area contributed by atoms with Gasteiger partial charge in [-0.3, -0.25) is 4.79 Å². The summed E-state index contributed by atoms with van der Waals surface area (Å²) in [5, 5.41) is 7.18. The number of para-hydroxylation sites is 2. The van der Waals surface area contributed by atoms with Gasteiger partial charge in [0, 0.05) is 31.3 Å². The largest absolute Gasteiger partial charge is 0.385 e. The molecule has 0 unspecified atom stereocenters. The molecule has 0 fully saturated rings. The minimum atomic E-state index is -0.100. The summed E-state index contributed by atoms with van der Waals surface area (Å²) in [4.78, 5) is 17.4. The Labute approximate surface area is 159 Å². The molecule has 1 amide bonds. The fourth-order valence-corrected chi connectivity index (χ4v) is 3.03. The standard InChI is InChI=1S/C22H25N3O2/c1-3-16-9-4-6-11-19(16)24-21-15-18(22(26)23-13-8-14-27-2)17-10-5-7-12-20(17)25-21/h4-7,9-12,15H,3,8,13-14H2,1-2H3,(H,23,26)(H,24,25). The first-order chi connectivity index (χ1) is 13.2. The number of anilines is 2. The number of methoxy groups -OCH3 is 1. The molecule has 0 atom stereocenters. The molecule has 140 valence electrons. The van der Waals surface area contributed by atoms with Gasteiger partial charge in [-0.2, -0.15) is 0 Å². The number of aromatic nitrogens is 1. The van der Waals surface area contributed by atoms with Gasteiger partial charge in [0.05, 0.1) is 11.1 Å². The fourth-order valence-electron chi connectivity index (χ4n) is 3.03. The number of nitrogens with one attached hydrogen (secondary N) is 2. The summed E-state index contributed by atoms with van der Waals surface area (Å²) in [7, 11) is 1.66. The van der Waals surface area contributed by atoms with Crippen LogP contribution in [-0.4, -0.2) is 31.2 Å². The second-order valence-corrected chi connectivity index (χ2v) is 6.31. The van der Waals surface area contributed by atoms with Crippen LogP contribution in [0.4, 0.5) is 11.5 Å². The van der Waals surface area contributed by atoms with Crippen molar-refractivity contribution in [2.75, 3.05) is 25.6 Å². The number of hydrogen-bond donors (Lipinski definition) is 2. The Morgan fingerprint density at radius 1 is 1.11 bits per heavy atom. The van der Waals surface area contributed by atoms with Crippen LogP contribution >= 0.6 is 0 Å². The third-order valence-electron chi connectivity index (χ3n) is 4.43. The number of fused-ring (bicyclic) bond motifs is 1. The summed E-state index contributed by atoms with van der Waals surface area (Å²) in [6.45, 7) is 3.32. The lowest BCUT2D eigenvalue weighted by Crippen LogP contribution is -2.25. The molecular formula is C22H25N3O2. The zero-order valence-corrected chi connectivity index (χ0v) is 15.8. The molecule has 0 saturated carbocycles. The van der Waals surface area contributed by atoms with Gasteiger partial charge < -0.3 is 15.4 Å². The number of ether oxygens (including phenoxy) is 1. The molecule has 5 heteroatoms. The van der Waals surface area contributed by atoms with Crippen LogP contribution in [0.2, 0.25) is 0 Å². The lowest BCUT2D eigenvalue weighted by Gasteiger charge is -2.13. The summed E-state index contributed by atoms with van der Waals surface area (Å²) < 4.78 is 5.04. The maximum Gasteiger partial charge on any atom is 0.252 e. The summed E-state index contributed by atoms with van der Waals surface area (Å²) in [5.41, 5.74) is 3.63. The number of hydrogen-bond acceptors (Lipinski definition) is 4. The summed E-state index contributed by atoms with van der Waals surface area (Å²) in [6.07, 6.45) is 1.70. The molecule has 2 aromatic carbocycles. The van der Waals surface area contributed by atoms with Crippen molar-refractivity contribution in [3.05, 3.63) is 65.7 Å². The highest BCUT2D eigenvalue weighted by Crippen LogP contribution is 2.25. The van der Waals surface area contributed by atoms with E-state index in [1.54, 1.807) is 7.11 Å². The number of amides is 1. The predicted octanol–water partition coefficient (Wildman–Crippen LogP) is 4.31. The van der Waals surface area contributed by atoms with Crippen molar-refractivity contribution in [3.8, 4) is 0 Å². The van der Waals surface area contributed by atoms with Crippen molar-refractivity contribution in [2.45, 2.75) is 19.8 Å². The Morgan fingerprint density at radius 3 is 2.70 bits per heavy atom. The molecule has 0 saturated heterocycles. The normalized spacial score (nSPS) is 10.7. The molecule has 5 nitrogen and oxygen atoms in total. The Bertz CT molecular complexity index is 924. The maximum absolute atomic E-state index is 12.7. The number of carbonyl (C=O) groups excluding carboxylic acids is 1. The number of carbonyl (C=O) groups is 1. The highest BCUT2D eigenvalue weighted by atomic mass is 16.5. The first-order valence-electron chi connectivity index (χ1n) is 9.24. The molecule has 3 rings (SSSR count). The van der Waals surface area contributed by atoms with Crippen molar-refractivity contribution >= 4 is 28.3 Å². The Kier molecular flexibility index (Phi) is 6.39. The van der Waals surface area contributed by atoms with Crippen molar-refractivity contribution in [3.63, 3.8) is 0 Å². The summed E-state index contributed by atoms with van der Waals surface area (Å²) in [6, 6.07) is 17.7. The molecule has 27 heavy (non-hydrogen) atoms. The first kappa shape index (κ1) is 18.9.